The van der Waals surface area contributed by atoms with Crippen molar-refractivity contribution in [1.29, 1.82) is 0 Å². The van der Waals surface area contributed by atoms with E-state index in [1.54, 1.807) is 6.20 Å². The molecular formula is C25H20ClF2N5O2. The summed E-state index contributed by atoms with van der Waals surface area (Å²) in [4.78, 5) is 36.8. The van der Waals surface area contributed by atoms with E-state index in [2.05, 4.69) is 34.0 Å². The molecule has 10 heteroatoms. The van der Waals surface area contributed by atoms with Crippen molar-refractivity contribution in [2.24, 2.45) is 10.9 Å². The van der Waals surface area contributed by atoms with Gasteiger partial charge in [-0.15, -0.1) is 12.4 Å². The molecule has 6 rings (SSSR count). The van der Waals surface area contributed by atoms with E-state index in [1.165, 1.54) is 41.1 Å². The molecule has 1 unspecified atom stereocenters. The van der Waals surface area contributed by atoms with Crippen molar-refractivity contribution in [3.8, 4) is 0 Å². The van der Waals surface area contributed by atoms with Crippen molar-refractivity contribution in [1.82, 2.24) is 14.7 Å². The van der Waals surface area contributed by atoms with Crippen LogP contribution in [0.4, 0.5) is 14.5 Å². The Hall–Kier alpha value is -3.85. The van der Waals surface area contributed by atoms with Gasteiger partial charge in [0, 0.05) is 30.2 Å². The van der Waals surface area contributed by atoms with Crippen LogP contribution >= 0.6 is 12.4 Å². The number of amides is 2. The smallest absolute Gasteiger partial charge is 0.261 e. The van der Waals surface area contributed by atoms with Gasteiger partial charge in [0.1, 0.15) is 17.3 Å². The van der Waals surface area contributed by atoms with Crippen molar-refractivity contribution in [3.05, 3.63) is 83.1 Å². The van der Waals surface area contributed by atoms with Crippen LogP contribution in [0.25, 0.3) is 11.2 Å². The molecule has 0 saturated heterocycles. The number of aliphatic imine (C=N–C) groups is 1. The quantitative estimate of drug-likeness (QED) is 0.560. The third kappa shape index (κ3) is 3.37. The van der Waals surface area contributed by atoms with Gasteiger partial charge in [0.2, 0.25) is 0 Å². The Balaban J connectivity index is 0.00000253. The largest absolute Gasteiger partial charge is 0.342 e. The van der Waals surface area contributed by atoms with E-state index < -0.39 is 23.4 Å². The minimum absolute atomic E-state index is 0. The van der Waals surface area contributed by atoms with Gasteiger partial charge in [-0.3, -0.25) is 24.3 Å². The van der Waals surface area contributed by atoms with Gasteiger partial charge < -0.3 is 4.90 Å². The number of aromatic nitrogens is 2. The summed E-state index contributed by atoms with van der Waals surface area (Å²) < 4.78 is 30.1. The zero-order valence-corrected chi connectivity index (χ0v) is 19.6. The maximum Gasteiger partial charge on any atom is 0.261 e. The van der Waals surface area contributed by atoms with Crippen LogP contribution in [0.15, 0.2) is 59.6 Å². The molecule has 1 atom stereocenters. The molecule has 0 aliphatic carbocycles. The number of nitrogens with one attached hydrogen (secondary N) is 1. The van der Waals surface area contributed by atoms with Crippen molar-refractivity contribution in [2.45, 2.75) is 26.3 Å². The zero-order valence-electron chi connectivity index (χ0n) is 18.8. The number of anilines is 1. The topological polar surface area (TPSA) is 79.1 Å². The van der Waals surface area contributed by atoms with Crippen LogP contribution < -0.4 is 10.2 Å². The molecule has 5 heterocycles. The van der Waals surface area contributed by atoms with Crippen LogP contribution in [0.5, 0.6) is 0 Å². The number of hydrogen-bond donors (Lipinski definition) is 1. The van der Waals surface area contributed by atoms with Crippen LogP contribution in [0.1, 0.15) is 30.7 Å². The third-order valence-electron chi connectivity index (χ3n) is 6.55. The number of imidazole rings is 1. The SMILES string of the molecule is CC(C)C1Cc2cc(F)cc3c2N1C=CN=C3C1=C(c2cnc3ccc(F)cn23)C(=O)NC1=O.Cl. The van der Waals surface area contributed by atoms with Gasteiger partial charge in [-0.05, 0) is 42.2 Å². The molecule has 3 aliphatic heterocycles. The molecule has 178 valence electrons. The molecule has 0 bridgehead atoms. The number of carbonyl (C=O) groups is 2. The normalized spacial score (nSPS) is 18.7. The average molecular weight is 496 g/mol. The number of fused-ring (bicyclic) bond motifs is 1. The number of nitrogens with zero attached hydrogens (tertiary/aromatic N) is 4. The number of rotatable bonds is 3. The van der Waals surface area contributed by atoms with Crippen LogP contribution in [-0.2, 0) is 16.0 Å². The molecule has 2 aromatic heterocycles. The molecule has 7 nitrogen and oxygen atoms in total. The maximum absolute atomic E-state index is 14.7. The van der Waals surface area contributed by atoms with Gasteiger partial charge in [-0.25, -0.2) is 13.8 Å². The maximum atomic E-state index is 14.7. The molecular weight excluding hydrogens is 476 g/mol. The highest BCUT2D eigenvalue weighted by atomic mass is 35.5. The second-order valence-electron chi connectivity index (χ2n) is 8.91. The second-order valence-corrected chi connectivity index (χ2v) is 8.91. The molecule has 1 N–H and O–H groups in total. The number of pyridine rings is 1. The Labute approximate surface area is 205 Å². The zero-order chi connectivity index (χ0) is 23.7. The van der Waals surface area contributed by atoms with Crippen molar-refractivity contribution < 1.29 is 18.4 Å². The summed E-state index contributed by atoms with van der Waals surface area (Å²) in [5, 5.41) is 2.32. The lowest BCUT2D eigenvalue weighted by molar-refractivity contribution is -0.123. The number of imide groups is 1. The van der Waals surface area contributed by atoms with Crippen LogP contribution in [0.2, 0.25) is 0 Å². The predicted octanol–water partition coefficient (Wildman–Crippen LogP) is 3.81. The number of hydrogen-bond acceptors (Lipinski definition) is 5. The highest BCUT2D eigenvalue weighted by molar-refractivity contribution is 6.47. The summed E-state index contributed by atoms with van der Waals surface area (Å²) in [5.41, 5.74) is 2.88. The molecule has 1 aromatic carbocycles. The molecule has 0 radical (unpaired) electrons. The van der Waals surface area contributed by atoms with E-state index >= 15 is 0 Å². The molecule has 3 aromatic rings. The molecule has 0 fully saturated rings. The van der Waals surface area contributed by atoms with E-state index in [-0.39, 0.29) is 46.9 Å². The predicted molar refractivity (Wildman–Crippen MR) is 129 cm³/mol. The van der Waals surface area contributed by atoms with Crippen LogP contribution in [0, 0.1) is 17.6 Å². The van der Waals surface area contributed by atoms with Gasteiger partial charge in [-0.1, -0.05) is 13.8 Å². The molecule has 0 saturated carbocycles. The summed E-state index contributed by atoms with van der Waals surface area (Å²) in [5.74, 6) is -1.98. The monoisotopic (exact) mass is 495 g/mol. The van der Waals surface area contributed by atoms with E-state index in [0.717, 1.165) is 11.3 Å². The van der Waals surface area contributed by atoms with Crippen LogP contribution in [0.3, 0.4) is 0 Å². The van der Waals surface area contributed by atoms with Gasteiger partial charge in [-0.2, -0.15) is 0 Å². The Morgan fingerprint density at radius 1 is 1.09 bits per heavy atom. The van der Waals surface area contributed by atoms with Gasteiger partial charge in [0.05, 0.1) is 34.4 Å². The average Bonchev–Trinajstić information content (AvgIpc) is 3.39. The highest BCUT2D eigenvalue weighted by Crippen LogP contribution is 2.42. The minimum Gasteiger partial charge on any atom is -0.342 e. The Kier molecular flexibility index (Phi) is 5.32. The Bertz CT molecular complexity index is 1520. The standard InChI is InChI=1S/C25H19F2N5O2.ClH/c1-12(2)17-8-13-7-15(27)9-16-22(28-5-6-31(17)23(13)16)21-20(24(33)30-25(21)34)18-10-29-19-4-3-14(26)11-32(18)19;/h3-7,9-12,17H,8H2,1-2H3,(H,30,33,34);1H. The molecule has 35 heavy (non-hydrogen) atoms. The Morgan fingerprint density at radius 3 is 2.63 bits per heavy atom. The van der Waals surface area contributed by atoms with Crippen molar-refractivity contribution in [2.75, 3.05) is 4.90 Å². The fourth-order valence-corrected chi connectivity index (χ4v) is 5.04. The number of carbonyl (C=O) groups excluding carboxylic acids is 2. The lowest BCUT2D eigenvalue weighted by Gasteiger charge is -2.27. The number of benzene rings is 1. The first-order valence-corrected chi connectivity index (χ1v) is 10.9. The van der Waals surface area contributed by atoms with E-state index in [4.69, 9.17) is 0 Å². The summed E-state index contributed by atoms with van der Waals surface area (Å²) in [6, 6.07) is 5.69. The first kappa shape index (κ1) is 22.9. The fraction of sp³-hybridized carbons (Fsp3) is 0.200. The van der Waals surface area contributed by atoms with E-state index in [9.17, 15) is 18.4 Å². The van der Waals surface area contributed by atoms with Crippen LogP contribution in [-0.4, -0.2) is 33.0 Å². The van der Waals surface area contributed by atoms with Crippen molar-refractivity contribution in [3.63, 3.8) is 0 Å². The fourth-order valence-electron chi connectivity index (χ4n) is 5.04. The first-order valence-electron chi connectivity index (χ1n) is 10.9. The highest BCUT2D eigenvalue weighted by Gasteiger charge is 2.40. The van der Waals surface area contributed by atoms with Gasteiger partial charge in [0.15, 0.2) is 0 Å². The summed E-state index contributed by atoms with van der Waals surface area (Å²) in [7, 11) is 0. The summed E-state index contributed by atoms with van der Waals surface area (Å²) >= 11 is 0. The minimum atomic E-state index is -0.650. The lowest BCUT2D eigenvalue weighted by atomic mass is 9.94. The molecule has 3 aliphatic rings. The number of halogens is 3. The van der Waals surface area contributed by atoms with Gasteiger partial charge >= 0.3 is 0 Å². The van der Waals surface area contributed by atoms with Gasteiger partial charge in [0.25, 0.3) is 11.8 Å². The lowest BCUT2D eigenvalue weighted by Crippen LogP contribution is -2.32. The molecule has 0 spiro atoms. The third-order valence-corrected chi connectivity index (χ3v) is 6.55. The van der Waals surface area contributed by atoms with E-state index in [0.29, 0.717) is 17.6 Å². The second kappa shape index (κ2) is 8.13. The van der Waals surface area contributed by atoms with E-state index in [1.807, 2.05) is 6.20 Å². The Morgan fingerprint density at radius 2 is 1.86 bits per heavy atom. The summed E-state index contributed by atoms with van der Waals surface area (Å²) in [6.45, 7) is 4.20. The first-order chi connectivity index (χ1) is 16.3. The van der Waals surface area contributed by atoms with Crippen molar-refractivity contribution >= 4 is 46.8 Å². The summed E-state index contributed by atoms with van der Waals surface area (Å²) in [6.07, 6.45) is 6.64. The molecule has 2 amide bonds.